The molecule has 1 amide bonds. The predicted octanol–water partition coefficient (Wildman–Crippen LogP) is 2.23. The number of carbonyl (C=O) groups is 1. The third-order valence-corrected chi connectivity index (χ3v) is 4.72. The van der Waals surface area contributed by atoms with E-state index in [0.717, 1.165) is 19.5 Å². The minimum absolute atomic E-state index is 0.367. The number of nitrogens with zero attached hydrogens (tertiary/aromatic N) is 1. The molecule has 2 atom stereocenters. The van der Waals surface area contributed by atoms with Crippen molar-refractivity contribution in [3.05, 3.63) is 11.6 Å². The van der Waals surface area contributed by atoms with Gasteiger partial charge in [-0.25, -0.2) is 0 Å². The standard InChI is InChI=1S/C15H24N2O/c18-15-11-13(14-7-4-10-17(14)15)16-9-8-12-5-2-1-3-6-12/h5,13-14,16H,1-4,6-11H2. The summed E-state index contributed by atoms with van der Waals surface area (Å²) in [7, 11) is 0. The van der Waals surface area contributed by atoms with Crippen molar-refractivity contribution in [3.63, 3.8) is 0 Å². The lowest BCUT2D eigenvalue weighted by Gasteiger charge is -2.21. The van der Waals surface area contributed by atoms with Crippen LogP contribution in [0.3, 0.4) is 0 Å². The number of nitrogens with one attached hydrogen (secondary N) is 1. The van der Waals surface area contributed by atoms with Crippen molar-refractivity contribution in [3.8, 4) is 0 Å². The first-order valence-electron chi connectivity index (χ1n) is 7.55. The van der Waals surface area contributed by atoms with E-state index in [2.05, 4.69) is 16.3 Å². The van der Waals surface area contributed by atoms with Gasteiger partial charge in [0.1, 0.15) is 0 Å². The molecule has 0 bridgehead atoms. The van der Waals surface area contributed by atoms with Gasteiger partial charge in [0.2, 0.25) is 5.91 Å². The molecule has 2 heterocycles. The van der Waals surface area contributed by atoms with Crippen LogP contribution >= 0.6 is 0 Å². The van der Waals surface area contributed by atoms with Crippen LogP contribution < -0.4 is 5.32 Å². The number of amides is 1. The summed E-state index contributed by atoms with van der Waals surface area (Å²) >= 11 is 0. The Bertz CT molecular complexity index is 350. The number of hydrogen-bond acceptors (Lipinski definition) is 2. The van der Waals surface area contributed by atoms with Crippen LogP contribution in [0, 0.1) is 0 Å². The third kappa shape index (κ3) is 2.46. The number of hydrogen-bond donors (Lipinski definition) is 1. The Morgan fingerprint density at radius 1 is 1.33 bits per heavy atom. The van der Waals surface area contributed by atoms with Crippen LogP contribution in [0.2, 0.25) is 0 Å². The first-order chi connectivity index (χ1) is 8.84. The fraction of sp³-hybridized carbons (Fsp3) is 0.800. The van der Waals surface area contributed by atoms with E-state index in [9.17, 15) is 4.79 Å². The molecule has 3 nitrogen and oxygen atoms in total. The highest BCUT2D eigenvalue weighted by molar-refractivity contribution is 5.80. The van der Waals surface area contributed by atoms with Gasteiger partial charge < -0.3 is 10.2 Å². The van der Waals surface area contributed by atoms with Gasteiger partial charge in [-0.05, 0) is 51.5 Å². The topological polar surface area (TPSA) is 32.3 Å². The summed E-state index contributed by atoms with van der Waals surface area (Å²) in [5.74, 6) is 0.367. The number of fused-ring (bicyclic) bond motifs is 1. The van der Waals surface area contributed by atoms with Gasteiger partial charge in [-0.2, -0.15) is 0 Å². The summed E-state index contributed by atoms with van der Waals surface area (Å²) < 4.78 is 0. The Morgan fingerprint density at radius 3 is 3.11 bits per heavy atom. The minimum Gasteiger partial charge on any atom is -0.338 e. The van der Waals surface area contributed by atoms with Crippen molar-refractivity contribution in [1.82, 2.24) is 10.2 Å². The van der Waals surface area contributed by atoms with Gasteiger partial charge in [-0.1, -0.05) is 11.6 Å². The molecule has 3 heteroatoms. The Labute approximate surface area is 110 Å². The third-order valence-electron chi connectivity index (χ3n) is 4.72. The van der Waals surface area contributed by atoms with Gasteiger partial charge in [-0.15, -0.1) is 0 Å². The van der Waals surface area contributed by atoms with Crippen molar-refractivity contribution in [1.29, 1.82) is 0 Å². The number of allylic oxidation sites excluding steroid dienone is 1. The van der Waals surface area contributed by atoms with Crippen molar-refractivity contribution in [2.45, 2.75) is 63.5 Å². The smallest absolute Gasteiger partial charge is 0.224 e. The predicted molar refractivity (Wildman–Crippen MR) is 72.3 cm³/mol. The van der Waals surface area contributed by atoms with Gasteiger partial charge in [0, 0.05) is 25.0 Å². The summed E-state index contributed by atoms with van der Waals surface area (Å²) in [6, 6.07) is 0.919. The minimum atomic E-state index is 0.367. The van der Waals surface area contributed by atoms with E-state index in [1.54, 1.807) is 5.57 Å². The van der Waals surface area contributed by atoms with Crippen LogP contribution in [-0.2, 0) is 4.79 Å². The molecule has 0 aromatic rings. The molecule has 0 saturated carbocycles. The molecule has 0 aromatic carbocycles. The average Bonchev–Trinajstić information content (AvgIpc) is 2.97. The van der Waals surface area contributed by atoms with Gasteiger partial charge >= 0.3 is 0 Å². The quantitative estimate of drug-likeness (QED) is 0.774. The summed E-state index contributed by atoms with van der Waals surface area (Å²) in [6.07, 6.45) is 12.0. The van der Waals surface area contributed by atoms with E-state index in [0.29, 0.717) is 18.0 Å². The monoisotopic (exact) mass is 248 g/mol. The Hall–Kier alpha value is -0.830. The molecule has 2 unspecified atom stereocenters. The molecular formula is C15H24N2O. The molecule has 18 heavy (non-hydrogen) atoms. The number of rotatable bonds is 4. The summed E-state index contributed by atoms with van der Waals surface area (Å²) in [6.45, 7) is 2.04. The summed E-state index contributed by atoms with van der Waals surface area (Å²) in [5.41, 5.74) is 1.63. The van der Waals surface area contributed by atoms with Gasteiger partial charge in [-0.3, -0.25) is 4.79 Å². The fourth-order valence-electron chi connectivity index (χ4n) is 3.72. The molecule has 2 saturated heterocycles. The zero-order valence-electron chi connectivity index (χ0n) is 11.2. The van der Waals surface area contributed by atoms with Crippen LogP contribution in [0.15, 0.2) is 11.6 Å². The van der Waals surface area contributed by atoms with Gasteiger partial charge in [0.25, 0.3) is 0 Å². The molecule has 100 valence electrons. The Morgan fingerprint density at radius 2 is 2.28 bits per heavy atom. The molecule has 2 fully saturated rings. The molecule has 3 rings (SSSR count). The van der Waals surface area contributed by atoms with Crippen molar-refractivity contribution in [2.75, 3.05) is 13.1 Å². The fourth-order valence-corrected chi connectivity index (χ4v) is 3.72. The molecule has 2 aliphatic heterocycles. The largest absolute Gasteiger partial charge is 0.338 e. The average molecular weight is 248 g/mol. The van der Waals surface area contributed by atoms with Crippen molar-refractivity contribution in [2.24, 2.45) is 0 Å². The van der Waals surface area contributed by atoms with E-state index >= 15 is 0 Å². The maximum atomic E-state index is 11.8. The van der Waals surface area contributed by atoms with Crippen LogP contribution in [0.1, 0.15) is 51.4 Å². The van der Waals surface area contributed by atoms with Crippen molar-refractivity contribution < 1.29 is 4.79 Å². The van der Waals surface area contributed by atoms with E-state index in [4.69, 9.17) is 0 Å². The zero-order valence-corrected chi connectivity index (χ0v) is 11.2. The lowest BCUT2D eigenvalue weighted by atomic mass is 9.97. The Balaban J connectivity index is 1.46. The second-order valence-corrected chi connectivity index (χ2v) is 5.92. The van der Waals surface area contributed by atoms with Crippen LogP contribution in [0.5, 0.6) is 0 Å². The maximum absolute atomic E-state index is 11.8. The molecule has 0 radical (unpaired) electrons. The second-order valence-electron chi connectivity index (χ2n) is 5.92. The van der Waals surface area contributed by atoms with Crippen LogP contribution in [0.4, 0.5) is 0 Å². The first kappa shape index (κ1) is 12.2. The van der Waals surface area contributed by atoms with Gasteiger partial charge in [0.15, 0.2) is 0 Å². The van der Waals surface area contributed by atoms with E-state index < -0.39 is 0 Å². The molecule has 1 aliphatic carbocycles. The molecule has 0 spiro atoms. The normalized spacial score (nSPS) is 31.7. The highest BCUT2D eigenvalue weighted by Gasteiger charge is 2.41. The zero-order chi connectivity index (χ0) is 12.4. The lowest BCUT2D eigenvalue weighted by molar-refractivity contribution is -0.127. The van der Waals surface area contributed by atoms with Crippen LogP contribution in [-0.4, -0.2) is 36.0 Å². The Kier molecular flexibility index (Phi) is 3.69. The maximum Gasteiger partial charge on any atom is 0.224 e. The first-order valence-corrected chi connectivity index (χ1v) is 7.55. The second kappa shape index (κ2) is 5.43. The molecular weight excluding hydrogens is 224 g/mol. The lowest BCUT2D eigenvalue weighted by Crippen LogP contribution is -2.39. The van der Waals surface area contributed by atoms with E-state index in [-0.39, 0.29) is 0 Å². The van der Waals surface area contributed by atoms with Crippen LogP contribution in [0.25, 0.3) is 0 Å². The molecule has 0 aromatic heterocycles. The van der Waals surface area contributed by atoms with E-state index in [1.807, 2.05) is 0 Å². The van der Waals surface area contributed by atoms with Crippen molar-refractivity contribution >= 4 is 5.91 Å². The van der Waals surface area contributed by atoms with Gasteiger partial charge in [0.05, 0.1) is 0 Å². The molecule has 3 aliphatic rings. The SMILES string of the molecule is O=C1CC(NCCC2=CCCCC2)C2CCCN12. The summed E-state index contributed by atoms with van der Waals surface area (Å²) in [4.78, 5) is 13.9. The molecule has 1 N–H and O–H groups in total. The highest BCUT2D eigenvalue weighted by atomic mass is 16.2. The highest BCUT2D eigenvalue weighted by Crippen LogP contribution is 2.29. The number of carbonyl (C=O) groups excluding carboxylic acids is 1. The van der Waals surface area contributed by atoms with E-state index in [1.165, 1.54) is 44.9 Å². The summed E-state index contributed by atoms with van der Waals surface area (Å²) in [5, 5.41) is 3.63.